The summed E-state index contributed by atoms with van der Waals surface area (Å²) in [6.45, 7) is 11.1. The van der Waals surface area contributed by atoms with Crippen LogP contribution in [0.4, 0.5) is 0 Å². The molecule has 4 rings (SSSR count). The van der Waals surface area contributed by atoms with Gasteiger partial charge in [0.15, 0.2) is 5.78 Å². The number of aliphatic hydroxyl groups excluding tert-OH is 1. The van der Waals surface area contributed by atoms with Crippen molar-refractivity contribution in [2.75, 3.05) is 0 Å². The van der Waals surface area contributed by atoms with Crippen LogP contribution in [0.3, 0.4) is 0 Å². The Morgan fingerprint density at radius 1 is 0.968 bits per heavy atom. The van der Waals surface area contributed by atoms with Gasteiger partial charge in [-0.15, -0.1) is 0 Å². The van der Waals surface area contributed by atoms with E-state index in [4.69, 9.17) is 0 Å². The lowest BCUT2D eigenvalue weighted by Crippen LogP contribution is -2.68. The van der Waals surface area contributed by atoms with Crippen LogP contribution in [0.1, 0.15) is 98.8 Å². The fraction of sp³-hybridized carbons (Fsp3) is 0.889. The van der Waals surface area contributed by atoms with Gasteiger partial charge in [-0.3, -0.25) is 4.79 Å². The Morgan fingerprint density at radius 2 is 1.65 bits per heavy atom. The van der Waals surface area contributed by atoms with Crippen molar-refractivity contribution < 1.29 is 20.1 Å². The molecule has 4 heteroatoms. The van der Waals surface area contributed by atoms with Gasteiger partial charge >= 0.3 is 0 Å². The van der Waals surface area contributed by atoms with E-state index in [0.29, 0.717) is 55.4 Å². The summed E-state index contributed by atoms with van der Waals surface area (Å²) in [6, 6.07) is 0. The highest BCUT2D eigenvalue weighted by Crippen LogP contribution is 2.69. The van der Waals surface area contributed by atoms with Crippen molar-refractivity contribution in [3.05, 3.63) is 11.6 Å². The average molecular weight is 433 g/mol. The Bertz CT molecular complexity index is 758. The maximum atomic E-state index is 13.2. The maximum Gasteiger partial charge on any atom is 0.159 e. The van der Waals surface area contributed by atoms with Gasteiger partial charge in [-0.1, -0.05) is 53.9 Å². The third kappa shape index (κ3) is 3.22. The lowest BCUT2D eigenvalue weighted by Gasteiger charge is -2.63. The standard InChI is InChI=1S/C27H44O4/c1-17(2)7-6-8-18(3)20-10-12-26(30)23-16-22(29)21-15-19(28)9-11-24(21,4)27(23,31)14-13-25(20,26)5/h16-21,28,30-31H,6-15H2,1-5H3. The molecule has 4 nitrogen and oxygen atoms in total. The minimum absolute atomic E-state index is 0.00738. The Labute approximate surface area is 188 Å². The van der Waals surface area contributed by atoms with E-state index < -0.39 is 22.7 Å². The van der Waals surface area contributed by atoms with Crippen LogP contribution in [-0.2, 0) is 4.79 Å². The van der Waals surface area contributed by atoms with Gasteiger partial charge in [-0.25, -0.2) is 0 Å². The number of allylic oxidation sites excluding steroid dienone is 1. The van der Waals surface area contributed by atoms with Crippen molar-refractivity contribution >= 4 is 5.78 Å². The molecule has 3 fully saturated rings. The summed E-state index contributed by atoms with van der Waals surface area (Å²) in [5, 5.41) is 34.5. The molecule has 8 atom stereocenters. The molecule has 0 amide bonds. The Balaban J connectivity index is 1.66. The van der Waals surface area contributed by atoms with E-state index in [1.54, 1.807) is 6.08 Å². The van der Waals surface area contributed by atoms with Gasteiger partial charge < -0.3 is 15.3 Å². The van der Waals surface area contributed by atoms with Crippen LogP contribution >= 0.6 is 0 Å². The molecular formula is C27H44O4. The minimum Gasteiger partial charge on any atom is -0.393 e. The van der Waals surface area contributed by atoms with E-state index >= 15 is 0 Å². The summed E-state index contributed by atoms with van der Waals surface area (Å²) in [5.41, 5.74) is -2.58. The van der Waals surface area contributed by atoms with Gasteiger partial charge in [0.25, 0.3) is 0 Å². The number of aliphatic hydroxyl groups is 3. The molecule has 0 spiro atoms. The number of ketones is 1. The zero-order chi connectivity index (χ0) is 22.8. The van der Waals surface area contributed by atoms with E-state index in [0.717, 1.165) is 12.8 Å². The predicted molar refractivity (Wildman–Crippen MR) is 122 cm³/mol. The number of carbonyl (C=O) groups excluding carboxylic acids is 1. The topological polar surface area (TPSA) is 77.8 Å². The molecule has 0 aromatic heterocycles. The molecule has 31 heavy (non-hydrogen) atoms. The third-order valence-corrected chi connectivity index (χ3v) is 10.5. The van der Waals surface area contributed by atoms with Crippen LogP contribution in [0, 0.1) is 34.5 Å². The monoisotopic (exact) mass is 432 g/mol. The maximum absolute atomic E-state index is 13.2. The zero-order valence-corrected chi connectivity index (χ0v) is 20.3. The third-order valence-electron chi connectivity index (χ3n) is 10.5. The number of hydrogen-bond acceptors (Lipinski definition) is 4. The van der Waals surface area contributed by atoms with Crippen LogP contribution in [0.2, 0.25) is 0 Å². The summed E-state index contributed by atoms with van der Waals surface area (Å²) >= 11 is 0. The number of fused-ring (bicyclic) bond motifs is 5. The summed E-state index contributed by atoms with van der Waals surface area (Å²) in [5.74, 6) is 1.28. The summed E-state index contributed by atoms with van der Waals surface area (Å²) < 4.78 is 0. The largest absolute Gasteiger partial charge is 0.393 e. The van der Waals surface area contributed by atoms with Crippen LogP contribution in [0.5, 0.6) is 0 Å². The molecule has 3 N–H and O–H groups in total. The quantitative estimate of drug-likeness (QED) is 0.583. The van der Waals surface area contributed by atoms with Gasteiger partial charge in [0, 0.05) is 16.7 Å². The van der Waals surface area contributed by atoms with E-state index in [1.807, 2.05) is 6.92 Å². The van der Waals surface area contributed by atoms with Gasteiger partial charge in [-0.05, 0) is 74.3 Å². The van der Waals surface area contributed by atoms with E-state index in [2.05, 4.69) is 27.7 Å². The van der Waals surface area contributed by atoms with Crippen molar-refractivity contribution in [1.82, 2.24) is 0 Å². The highest BCUT2D eigenvalue weighted by Gasteiger charge is 2.71. The smallest absolute Gasteiger partial charge is 0.159 e. The molecule has 4 aliphatic carbocycles. The number of carbonyl (C=O) groups is 1. The van der Waals surface area contributed by atoms with Crippen LogP contribution in [0.15, 0.2) is 11.6 Å². The average Bonchev–Trinajstić information content (AvgIpc) is 2.97. The number of rotatable bonds is 5. The molecule has 0 saturated heterocycles. The first-order valence-electron chi connectivity index (χ1n) is 12.8. The minimum atomic E-state index is -1.16. The Kier molecular flexibility index (Phi) is 5.80. The molecule has 3 saturated carbocycles. The van der Waals surface area contributed by atoms with Gasteiger partial charge in [0.2, 0.25) is 0 Å². The van der Waals surface area contributed by atoms with E-state index in [-0.39, 0.29) is 17.1 Å². The SMILES string of the molecule is CC(C)CCCC(C)C1CCC2(O)C3=CC(=O)C4CC(O)CCC4(C)C3(O)CCC12C. The first-order valence-corrected chi connectivity index (χ1v) is 12.8. The molecule has 8 unspecified atom stereocenters. The second kappa shape index (κ2) is 7.67. The van der Waals surface area contributed by atoms with Gasteiger partial charge in [0.1, 0.15) is 0 Å². The first-order chi connectivity index (χ1) is 14.4. The fourth-order valence-electron chi connectivity index (χ4n) is 8.28. The molecule has 4 aliphatic rings. The highest BCUT2D eigenvalue weighted by atomic mass is 16.3. The summed E-state index contributed by atoms with van der Waals surface area (Å²) in [6.07, 6.45) is 9.40. The van der Waals surface area contributed by atoms with Crippen molar-refractivity contribution in [2.24, 2.45) is 34.5 Å². The van der Waals surface area contributed by atoms with Crippen LogP contribution in [0.25, 0.3) is 0 Å². The van der Waals surface area contributed by atoms with Gasteiger partial charge in [-0.2, -0.15) is 0 Å². The van der Waals surface area contributed by atoms with E-state index in [9.17, 15) is 20.1 Å². The van der Waals surface area contributed by atoms with Crippen molar-refractivity contribution in [2.45, 2.75) is 116 Å². The van der Waals surface area contributed by atoms with Crippen LogP contribution < -0.4 is 0 Å². The number of hydrogen-bond donors (Lipinski definition) is 3. The Morgan fingerprint density at radius 3 is 2.32 bits per heavy atom. The molecule has 0 heterocycles. The summed E-state index contributed by atoms with van der Waals surface area (Å²) in [7, 11) is 0. The van der Waals surface area contributed by atoms with Crippen molar-refractivity contribution in [3.63, 3.8) is 0 Å². The molecule has 0 aromatic rings. The molecule has 0 aliphatic heterocycles. The van der Waals surface area contributed by atoms with Gasteiger partial charge in [0.05, 0.1) is 17.3 Å². The second-order valence-electron chi connectivity index (χ2n) is 12.4. The first kappa shape index (κ1) is 23.4. The lowest BCUT2D eigenvalue weighted by molar-refractivity contribution is -0.191. The summed E-state index contributed by atoms with van der Waals surface area (Å²) in [4.78, 5) is 13.2. The van der Waals surface area contributed by atoms with Crippen molar-refractivity contribution in [3.8, 4) is 0 Å². The van der Waals surface area contributed by atoms with E-state index in [1.165, 1.54) is 19.3 Å². The molecule has 176 valence electrons. The van der Waals surface area contributed by atoms with Crippen molar-refractivity contribution in [1.29, 1.82) is 0 Å². The highest BCUT2D eigenvalue weighted by molar-refractivity contribution is 5.95. The second-order valence-corrected chi connectivity index (χ2v) is 12.4. The molecule has 0 radical (unpaired) electrons. The predicted octanol–water partition coefficient (Wildman–Crippen LogP) is 4.80. The molecule has 0 aromatic carbocycles. The molecular weight excluding hydrogens is 388 g/mol. The Hall–Kier alpha value is -0.710. The fourth-order valence-corrected chi connectivity index (χ4v) is 8.28. The zero-order valence-electron chi connectivity index (χ0n) is 20.3. The lowest BCUT2D eigenvalue weighted by atomic mass is 9.44. The van der Waals surface area contributed by atoms with Crippen LogP contribution in [-0.4, -0.2) is 38.4 Å². The molecule has 0 bridgehead atoms. The normalized spacial score (nSPS) is 48.1.